The molecule has 2 aromatic rings. The Labute approximate surface area is 116 Å². The molecule has 0 radical (unpaired) electrons. The van der Waals surface area contributed by atoms with Gasteiger partial charge in [-0.3, -0.25) is 4.79 Å². The van der Waals surface area contributed by atoms with Crippen LogP contribution in [0, 0.1) is 12.7 Å². The van der Waals surface area contributed by atoms with Gasteiger partial charge in [0.1, 0.15) is 11.6 Å². The van der Waals surface area contributed by atoms with Crippen molar-refractivity contribution in [1.29, 1.82) is 0 Å². The Bertz CT molecular complexity index is 656. The summed E-state index contributed by atoms with van der Waals surface area (Å²) in [6.07, 6.45) is 1.77. The SMILES string of the molecule is CCc1cccc(C)c1NC(=O)c1cc(F)cnc1N. The monoisotopic (exact) mass is 273 g/mol. The van der Waals surface area contributed by atoms with E-state index >= 15 is 0 Å². The highest BCUT2D eigenvalue weighted by atomic mass is 19.1. The highest BCUT2D eigenvalue weighted by Gasteiger charge is 2.14. The normalized spacial score (nSPS) is 10.3. The minimum Gasteiger partial charge on any atom is -0.383 e. The number of anilines is 2. The number of nitrogens with two attached hydrogens (primary N) is 1. The molecule has 0 saturated heterocycles. The maximum Gasteiger partial charge on any atom is 0.259 e. The summed E-state index contributed by atoms with van der Waals surface area (Å²) in [5.41, 5.74) is 8.35. The van der Waals surface area contributed by atoms with Gasteiger partial charge in [0, 0.05) is 5.69 Å². The largest absolute Gasteiger partial charge is 0.383 e. The Morgan fingerprint density at radius 2 is 2.20 bits per heavy atom. The van der Waals surface area contributed by atoms with Gasteiger partial charge in [0.25, 0.3) is 5.91 Å². The summed E-state index contributed by atoms with van der Waals surface area (Å²) < 4.78 is 13.2. The van der Waals surface area contributed by atoms with Crippen LogP contribution in [0.4, 0.5) is 15.9 Å². The molecular weight excluding hydrogens is 257 g/mol. The van der Waals surface area contributed by atoms with Gasteiger partial charge in [-0.05, 0) is 30.5 Å². The van der Waals surface area contributed by atoms with Gasteiger partial charge in [-0.2, -0.15) is 0 Å². The Morgan fingerprint density at radius 1 is 1.45 bits per heavy atom. The van der Waals surface area contributed by atoms with Crippen molar-refractivity contribution < 1.29 is 9.18 Å². The number of aryl methyl sites for hydroxylation is 2. The third-order valence-corrected chi connectivity index (χ3v) is 3.11. The van der Waals surface area contributed by atoms with Crippen molar-refractivity contribution >= 4 is 17.4 Å². The predicted molar refractivity (Wildman–Crippen MR) is 77.1 cm³/mol. The standard InChI is InChI=1S/C15H16FN3O/c1-3-10-6-4-5-9(2)13(10)19-15(20)12-7-11(16)8-18-14(12)17/h4-8H,3H2,1-2H3,(H2,17,18)(H,19,20). The molecular formula is C15H16FN3O. The van der Waals surface area contributed by atoms with Crippen LogP contribution < -0.4 is 11.1 Å². The highest BCUT2D eigenvalue weighted by molar-refractivity contribution is 6.07. The van der Waals surface area contributed by atoms with E-state index in [1.54, 1.807) is 0 Å². The lowest BCUT2D eigenvalue weighted by Gasteiger charge is -2.13. The molecule has 0 aliphatic carbocycles. The first-order valence-electron chi connectivity index (χ1n) is 6.33. The van der Waals surface area contributed by atoms with Crippen molar-refractivity contribution in [1.82, 2.24) is 4.98 Å². The summed E-state index contributed by atoms with van der Waals surface area (Å²) in [6, 6.07) is 6.86. The molecule has 1 heterocycles. The molecule has 0 saturated carbocycles. The van der Waals surface area contributed by atoms with E-state index in [0.717, 1.165) is 35.5 Å². The van der Waals surface area contributed by atoms with Gasteiger partial charge in [-0.15, -0.1) is 0 Å². The number of amides is 1. The molecule has 0 unspecified atom stereocenters. The summed E-state index contributed by atoms with van der Waals surface area (Å²) in [5.74, 6) is -1.04. The van der Waals surface area contributed by atoms with Crippen molar-refractivity contribution in [2.45, 2.75) is 20.3 Å². The molecule has 1 amide bonds. The van der Waals surface area contributed by atoms with Gasteiger partial charge in [0.05, 0.1) is 11.8 Å². The molecule has 0 bridgehead atoms. The summed E-state index contributed by atoms with van der Waals surface area (Å²) >= 11 is 0. The van der Waals surface area contributed by atoms with Gasteiger partial charge in [0.15, 0.2) is 0 Å². The maximum absolute atomic E-state index is 13.2. The maximum atomic E-state index is 13.2. The number of carbonyl (C=O) groups is 1. The van der Waals surface area contributed by atoms with Crippen LogP contribution >= 0.6 is 0 Å². The average molecular weight is 273 g/mol. The van der Waals surface area contributed by atoms with Crippen LogP contribution in [0.3, 0.4) is 0 Å². The molecule has 4 nitrogen and oxygen atoms in total. The minimum absolute atomic E-state index is 0.00975. The van der Waals surface area contributed by atoms with Crippen molar-refractivity contribution in [3.05, 3.63) is 53.0 Å². The lowest BCUT2D eigenvalue weighted by Crippen LogP contribution is -2.17. The molecule has 1 aromatic heterocycles. The summed E-state index contributed by atoms with van der Waals surface area (Å²) in [6.45, 7) is 3.91. The van der Waals surface area contributed by atoms with Crippen molar-refractivity contribution in [3.63, 3.8) is 0 Å². The topological polar surface area (TPSA) is 68.0 Å². The number of hydrogen-bond donors (Lipinski definition) is 2. The van der Waals surface area contributed by atoms with Crippen molar-refractivity contribution in [2.75, 3.05) is 11.1 Å². The third kappa shape index (κ3) is 2.77. The Hall–Kier alpha value is -2.43. The molecule has 5 heteroatoms. The second kappa shape index (κ2) is 5.69. The van der Waals surface area contributed by atoms with E-state index in [9.17, 15) is 9.18 Å². The van der Waals surface area contributed by atoms with E-state index in [0.29, 0.717) is 0 Å². The second-order valence-corrected chi connectivity index (χ2v) is 4.50. The number of rotatable bonds is 3. The zero-order valence-electron chi connectivity index (χ0n) is 11.4. The molecule has 3 N–H and O–H groups in total. The predicted octanol–water partition coefficient (Wildman–Crippen LogP) is 2.93. The number of aromatic nitrogens is 1. The average Bonchev–Trinajstić information content (AvgIpc) is 2.43. The van der Waals surface area contributed by atoms with Crippen LogP contribution in [0.2, 0.25) is 0 Å². The molecule has 20 heavy (non-hydrogen) atoms. The number of nitrogen functional groups attached to an aromatic ring is 1. The van der Waals surface area contributed by atoms with Gasteiger partial charge in [-0.1, -0.05) is 25.1 Å². The highest BCUT2D eigenvalue weighted by Crippen LogP contribution is 2.22. The van der Waals surface area contributed by atoms with Gasteiger partial charge in [0.2, 0.25) is 0 Å². The molecule has 2 rings (SSSR count). The Balaban J connectivity index is 2.35. The molecule has 0 aliphatic heterocycles. The van der Waals surface area contributed by atoms with Crippen LogP contribution in [0.5, 0.6) is 0 Å². The summed E-state index contributed by atoms with van der Waals surface area (Å²) in [7, 11) is 0. The summed E-state index contributed by atoms with van der Waals surface area (Å²) in [4.78, 5) is 15.9. The molecule has 104 valence electrons. The first-order chi connectivity index (χ1) is 9.52. The van der Waals surface area contributed by atoms with Gasteiger partial charge < -0.3 is 11.1 Å². The van der Waals surface area contributed by atoms with Crippen LogP contribution in [-0.4, -0.2) is 10.9 Å². The van der Waals surface area contributed by atoms with Crippen LogP contribution in [0.15, 0.2) is 30.5 Å². The smallest absolute Gasteiger partial charge is 0.259 e. The first-order valence-corrected chi connectivity index (χ1v) is 6.33. The van der Waals surface area contributed by atoms with E-state index in [4.69, 9.17) is 5.73 Å². The Kier molecular flexibility index (Phi) is 3.98. The number of nitrogens with one attached hydrogen (secondary N) is 1. The number of pyridine rings is 1. The van der Waals surface area contributed by atoms with E-state index in [1.165, 1.54) is 0 Å². The van der Waals surface area contributed by atoms with Crippen LogP contribution in [0.25, 0.3) is 0 Å². The second-order valence-electron chi connectivity index (χ2n) is 4.50. The lowest BCUT2D eigenvalue weighted by atomic mass is 10.1. The van der Waals surface area contributed by atoms with E-state index < -0.39 is 11.7 Å². The number of carbonyl (C=O) groups excluding carboxylic acids is 1. The minimum atomic E-state index is -0.593. The lowest BCUT2D eigenvalue weighted by molar-refractivity contribution is 0.102. The molecule has 0 fully saturated rings. The molecule has 0 atom stereocenters. The quantitative estimate of drug-likeness (QED) is 0.903. The molecule has 0 spiro atoms. The Morgan fingerprint density at radius 3 is 2.90 bits per heavy atom. The van der Waals surface area contributed by atoms with Crippen LogP contribution in [0.1, 0.15) is 28.4 Å². The molecule has 1 aromatic carbocycles. The van der Waals surface area contributed by atoms with Gasteiger partial charge >= 0.3 is 0 Å². The summed E-state index contributed by atoms with van der Waals surface area (Å²) in [5, 5.41) is 2.79. The number of nitrogens with zero attached hydrogens (tertiary/aromatic N) is 1. The number of para-hydroxylation sites is 1. The number of halogens is 1. The van der Waals surface area contributed by atoms with Crippen LogP contribution in [-0.2, 0) is 6.42 Å². The van der Waals surface area contributed by atoms with E-state index in [2.05, 4.69) is 10.3 Å². The zero-order chi connectivity index (χ0) is 14.7. The third-order valence-electron chi connectivity index (χ3n) is 3.11. The number of hydrogen-bond acceptors (Lipinski definition) is 3. The molecule has 0 aliphatic rings. The van der Waals surface area contributed by atoms with E-state index in [1.807, 2.05) is 32.0 Å². The van der Waals surface area contributed by atoms with Crippen molar-refractivity contribution in [3.8, 4) is 0 Å². The van der Waals surface area contributed by atoms with E-state index in [-0.39, 0.29) is 11.4 Å². The number of benzene rings is 1. The fraction of sp³-hybridized carbons (Fsp3) is 0.200. The van der Waals surface area contributed by atoms with Gasteiger partial charge in [-0.25, -0.2) is 9.37 Å². The fourth-order valence-corrected chi connectivity index (χ4v) is 2.01. The fourth-order valence-electron chi connectivity index (χ4n) is 2.01. The zero-order valence-corrected chi connectivity index (χ0v) is 11.4. The van der Waals surface area contributed by atoms with Crippen molar-refractivity contribution in [2.24, 2.45) is 0 Å². The first kappa shape index (κ1) is 14.0.